The smallest absolute Gasteiger partial charge is 0.344 e. The molecule has 1 aliphatic rings. The van der Waals surface area contributed by atoms with Crippen molar-refractivity contribution in [3.8, 4) is 5.75 Å². The zero-order valence-corrected chi connectivity index (χ0v) is 17.6. The minimum Gasteiger partial charge on any atom is -0.481 e. The number of imide groups is 1. The van der Waals surface area contributed by atoms with E-state index in [0.29, 0.717) is 22.0 Å². The van der Waals surface area contributed by atoms with Crippen molar-refractivity contribution >= 4 is 57.2 Å². The van der Waals surface area contributed by atoms with Gasteiger partial charge >= 0.3 is 12.0 Å². The Kier molecular flexibility index (Phi) is 6.56. The van der Waals surface area contributed by atoms with E-state index in [1.807, 2.05) is 0 Å². The van der Waals surface area contributed by atoms with Crippen LogP contribution in [0.25, 0.3) is 6.08 Å². The fourth-order valence-electron chi connectivity index (χ4n) is 2.64. The van der Waals surface area contributed by atoms with Gasteiger partial charge in [-0.05, 0) is 49.4 Å². The number of hydrogen-bond donors (Lipinski definition) is 1. The molecule has 1 N–H and O–H groups in total. The molecule has 3 rings (SSSR count). The summed E-state index contributed by atoms with van der Waals surface area (Å²) in [6.45, 7) is 1.67. The van der Waals surface area contributed by atoms with Crippen LogP contribution in [-0.2, 0) is 14.3 Å². The van der Waals surface area contributed by atoms with Crippen LogP contribution >= 0.6 is 27.5 Å². The first kappa shape index (κ1) is 20.9. The topological polar surface area (TPSA) is 84.9 Å². The Balaban J connectivity index is 1.88. The third-order valence-electron chi connectivity index (χ3n) is 3.87. The first-order chi connectivity index (χ1) is 13.9. The van der Waals surface area contributed by atoms with E-state index in [0.717, 1.165) is 9.37 Å². The van der Waals surface area contributed by atoms with E-state index in [1.165, 1.54) is 12.1 Å². The van der Waals surface area contributed by atoms with Gasteiger partial charge in [-0.15, -0.1) is 0 Å². The molecule has 0 radical (unpaired) electrons. The van der Waals surface area contributed by atoms with Gasteiger partial charge in [0.25, 0.3) is 5.91 Å². The van der Waals surface area contributed by atoms with Gasteiger partial charge < -0.3 is 14.8 Å². The number of amides is 3. The van der Waals surface area contributed by atoms with Gasteiger partial charge in [-0.3, -0.25) is 4.79 Å². The Hall–Kier alpha value is -2.84. The summed E-state index contributed by atoms with van der Waals surface area (Å²) in [6.07, 6.45) is 1.48. The van der Waals surface area contributed by atoms with Crippen molar-refractivity contribution in [1.29, 1.82) is 0 Å². The number of urea groups is 1. The van der Waals surface area contributed by atoms with E-state index in [9.17, 15) is 14.4 Å². The molecule has 1 fully saturated rings. The molecule has 3 amide bonds. The molecule has 1 aliphatic heterocycles. The standard InChI is InChI=1S/C20H16BrClN2O5/c1-2-28-18(25)11-29-17-7-6-13(21)8-12(17)9-16-19(26)24(20(27)23-16)15-5-3-4-14(22)10-15/h3-10H,2,11H2,1H3,(H,23,27). The zero-order valence-electron chi connectivity index (χ0n) is 15.3. The molecular formula is C20H16BrClN2O5. The quantitative estimate of drug-likeness (QED) is 0.382. The van der Waals surface area contributed by atoms with Gasteiger partial charge in [-0.2, -0.15) is 0 Å². The molecule has 0 spiro atoms. The summed E-state index contributed by atoms with van der Waals surface area (Å²) in [6, 6.07) is 10.9. The number of nitrogens with zero attached hydrogens (tertiary/aromatic N) is 1. The van der Waals surface area contributed by atoms with Crippen LogP contribution in [0.15, 0.2) is 52.6 Å². The summed E-state index contributed by atoms with van der Waals surface area (Å²) < 4.78 is 11.1. The Bertz CT molecular complexity index is 1010. The lowest BCUT2D eigenvalue weighted by Crippen LogP contribution is -2.30. The average molecular weight is 480 g/mol. The van der Waals surface area contributed by atoms with Crippen LogP contribution in [0.1, 0.15) is 12.5 Å². The maximum absolute atomic E-state index is 12.8. The van der Waals surface area contributed by atoms with Crippen LogP contribution in [0.5, 0.6) is 5.75 Å². The SMILES string of the molecule is CCOC(=O)COc1ccc(Br)cc1C=C1NC(=O)N(c2cccc(Cl)c2)C1=O. The number of nitrogens with one attached hydrogen (secondary N) is 1. The second-order valence-electron chi connectivity index (χ2n) is 5.88. The molecule has 150 valence electrons. The van der Waals surface area contributed by atoms with Crippen LogP contribution in [0.4, 0.5) is 10.5 Å². The maximum Gasteiger partial charge on any atom is 0.344 e. The molecule has 2 aromatic carbocycles. The predicted octanol–water partition coefficient (Wildman–Crippen LogP) is 4.14. The van der Waals surface area contributed by atoms with Crippen LogP contribution in [0.2, 0.25) is 5.02 Å². The fraction of sp³-hybridized carbons (Fsp3) is 0.150. The molecular weight excluding hydrogens is 464 g/mol. The van der Waals surface area contributed by atoms with Gasteiger partial charge in [-0.25, -0.2) is 14.5 Å². The number of carbonyl (C=O) groups is 3. The molecule has 9 heteroatoms. The molecule has 2 aromatic rings. The summed E-state index contributed by atoms with van der Waals surface area (Å²) in [7, 11) is 0. The summed E-state index contributed by atoms with van der Waals surface area (Å²) in [5, 5.41) is 2.95. The summed E-state index contributed by atoms with van der Waals surface area (Å²) in [5.74, 6) is -0.683. The number of halogens is 2. The van der Waals surface area contributed by atoms with E-state index < -0.39 is 17.9 Å². The lowest BCUT2D eigenvalue weighted by atomic mass is 10.1. The number of rotatable bonds is 6. The maximum atomic E-state index is 12.8. The molecule has 7 nitrogen and oxygen atoms in total. The molecule has 0 aromatic heterocycles. The van der Waals surface area contributed by atoms with E-state index in [-0.39, 0.29) is 18.9 Å². The monoisotopic (exact) mass is 478 g/mol. The Morgan fingerprint density at radius 3 is 2.76 bits per heavy atom. The number of benzene rings is 2. The van der Waals surface area contributed by atoms with Gasteiger partial charge in [0.05, 0.1) is 12.3 Å². The summed E-state index contributed by atoms with van der Waals surface area (Å²) in [4.78, 5) is 37.7. The lowest BCUT2D eigenvalue weighted by Gasteiger charge is -2.12. The average Bonchev–Trinajstić information content (AvgIpc) is 2.94. The summed E-state index contributed by atoms with van der Waals surface area (Å²) in [5.41, 5.74) is 0.922. The van der Waals surface area contributed by atoms with Crippen molar-refractivity contribution in [1.82, 2.24) is 5.32 Å². The van der Waals surface area contributed by atoms with Crippen LogP contribution in [0.3, 0.4) is 0 Å². The molecule has 0 aliphatic carbocycles. The molecule has 1 saturated heterocycles. The number of hydrogen-bond acceptors (Lipinski definition) is 5. The highest BCUT2D eigenvalue weighted by Crippen LogP contribution is 2.29. The van der Waals surface area contributed by atoms with Gasteiger partial charge in [0.2, 0.25) is 0 Å². The van der Waals surface area contributed by atoms with E-state index in [4.69, 9.17) is 21.1 Å². The number of esters is 1. The molecule has 0 atom stereocenters. The number of ether oxygens (including phenoxy) is 2. The minimum atomic E-state index is -0.590. The molecule has 0 bridgehead atoms. The van der Waals surface area contributed by atoms with Gasteiger partial charge in [0.1, 0.15) is 11.4 Å². The van der Waals surface area contributed by atoms with E-state index >= 15 is 0 Å². The zero-order chi connectivity index (χ0) is 21.0. The minimum absolute atomic E-state index is 0.0639. The predicted molar refractivity (Wildman–Crippen MR) is 112 cm³/mol. The van der Waals surface area contributed by atoms with Gasteiger partial charge in [0, 0.05) is 15.1 Å². The normalized spacial score (nSPS) is 14.9. The molecule has 0 saturated carbocycles. The van der Waals surface area contributed by atoms with Crippen molar-refractivity contribution in [3.05, 3.63) is 63.2 Å². The van der Waals surface area contributed by atoms with E-state index in [2.05, 4.69) is 21.2 Å². The first-order valence-electron chi connectivity index (χ1n) is 8.59. The van der Waals surface area contributed by atoms with E-state index in [1.54, 1.807) is 43.3 Å². The second kappa shape index (κ2) is 9.11. The van der Waals surface area contributed by atoms with Crippen molar-refractivity contribution < 1.29 is 23.9 Å². The number of anilines is 1. The molecule has 0 unspecified atom stereocenters. The highest BCUT2D eigenvalue weighted by molar-refractivity contribution is 9.10. The van der Waals surface area contributed by atoms with Crippen molar-refractivity contribution in [2.45, 2.75) is 6.92 Å². The lowest BCUT2D eigenvalue weighted by molar-refractivity contribution is -0.145. The second-order valence-corrected chi connectivity index (χ2v) is 7.24. The molecule has 1 heterocycles. The van der Waals surface area contributed by atoms with Crippen molar-refractivity contribution in [2.24, 2.45) is 0 Å². The van der Waals surface area contributed by atoms with Crippen LogP contribution in [0, 0.1) is 0 Å². The Labute approximate surface area is 180 Å². The van der Waals surface area contributed by atoms with Gasteiger partial charge in [-0.1, -0.05) is 33.6 Å². The Morgan fingerprint density at radius 1 is 1.24 bits per heavy atom. The summed E-state index contributed by atoms with van der Waals surface area (Å²) >= 11 is 9.32. The van der Waals surface area contributed by atoms with Crippen LogP contribution in [-0.4, -0.2) is 31.1 Å². The van der Waals surface area contributed by atoms with Crippen molar-refractivity contribution in [3.63, 3.8) is 0 Å². The highest BCUT2D eigenvalue weighted by atomic mass is 79.9. The third-order valence-corrected chi connectivity index (χ3v) is 4.60. The first-order valence-corrected chi connectivity index (χ1v) is 9.77. The highest BCUT2D eigenvalue weighted by Gasteiger charge is 2.35. The Morgan fingerprint density at radius 2 is 2.03 bits per heavy atom. The largest absolute Gasteiger partial charge is 0.481 e. The van der Waals surface area contributed by atoms with Gasteiger partial charge in [0.15, 0.2) is 6.61 Å². The third kappa shape index (κ3) is 4.96. The molecule has 29 heavy (non-hydrogen) atoms. The fourth-order valence-corrected chi connectivity index (χ4v) is 3.21. The van der Waals surface area contributed by atoms with Crippen LogP contribution < -0.4 is 15.0 Å². The number of carbonyl (C=O) groups excluding carboxylic acids is 3. The van der Waals surface area contributed by atoms with Crippen molar-refractivity contribution in [2.75, 3.05) is 18.1 Å².